The number of nitrogens with one attached hydrogen (secondary N) is 1. The number of halogens is 3. The molecular weight excluding hydrogens is 575 g/mol. The monoisotopic (exact) mass is 607 g/mol. The number of hydrogen-bond donors (Lipinski definition) is 1. The van der Waals surface area contributed by atoms with Gasteiger partial charge in [-0.25, -0.2) is 4.79 Å². The van der Waals surface area contributed by atoms with Gasteiger partial charge in [-0.1, -0.05) is 0 Å². The maximum Gasteiger partial charge on any atom is 0.416 e. The molecule has 2 saturated carbocycles. The SMILES string of the molecule is O=c1ccn(C2CC2)c(=O)n1Cc1cc2nccc(-c3cc(C(F)(F)F)cc4c3N([C@H]3CNC5(CCC5)C3)CCC4)c2s1. The van der Waals surface area contributed by atoms with Gasteiger partial charge >= 0.3 is 11.9 Å². The highest BCUT2D eigenvalue weighted by Crippen LogP contribution is 2.48. The average Bonchev–Trinajstić information content (AvgIpc) is 3.54. The molecule has 1 atom stereocenters. The first-order chi connectivity index (χ1) is 20.7. The van der Waals surface area contributed by atoms with Crippen molar-refractivity contribution in [2.24, 2.45) is 0 Å². The van der Waals surface area contributed by atoms with Gasteiger partial charge in [-0.3, -0.25) is 18.9 Å². The minimum absolute atomic E-state index is 0.0916. The van der Waals surface area contributed by atoms with E-state index in [2.05, 4.69) is 15.2 Å². The predicted molar refractivity (Wildman–Crippen MR) is 161 cm³/mol. The molecule has 1 N–H and O–H groups in total. The van der Waals surface area contributed by atoms with Crippen molar-refractivity contribution >= 4 is 27.2 Å². The molecule has 7 nitrogen and oxygen atoms in total. The highest BCUT2D eigenvalue weighted by molar-refractivity contribution is 7.19. The minimum Gasteiger partial charge on any atom is -0.366 e. The fourth-order valence-corrected chi connectivity index (χ4v) is 8.52. The van der Waals surface area contributed by atoms with Gasteiger partial charge in [0, 0.05) is 70.9 Å². The van der Waals surface area contributed by atoms with Crippen LogP contribution in [-0.4, -0.2) is 38.8 Å². The summed E-state index contributed by atoms with van der Waals surface area (Å²) in [5.41, 5.74) is 2.40. The third-order valence-electron chi connectivity index (χ3n) is 9.84. The molecule has 4 aromatic rings. The topological polar surface area (TPSA) is 72.2 Å². The van der Waals surface area contributed by atoms with Gasteiger partial charge in [0.1, 0.15) is 0 Å². The van der Waals surface area contributed by atoms with E-state index < -0.39 is 11.7 Å². The lowest BCUT2D eigenvalue weighted by atomic mass is 9.75. The second kappa shape index (κ2) is 9.79. The van der Waals surface area contributed by atoms with Crippen molar-refractivity contribution in [1.82, 2.24) is 19.4 Å². The normalized spacial score (nSPS) is 21.4. The molecule has 5 heterocycles. The summed E-state index contributed by atoms with van der Waals surface area (Å²) in [5, 5.41) is 3.74. The van der Waals surface area contributed by atoms with Crippen LogP contribution in [0.5, 0.6) is 0 Å². The van der Waals surface area contributed by atoms with Gasteiger partial charge in [0.25, 0.3) is 5.56 Å². The van der Waals surface area contributed by atoms with Crippen LogP contribution in [0.3, 0.4) is 0 Å². The van der Waals surface area contributed by atoms with Crippen molar-refractivity contribution < 1.29 is 13.2 Å². The molecule has 0 unspecified atom stereocenters. The van der Waals surface area contributed by atoms with Crippen molar-refractivity contribution in [3.63, 3.8) is 0 Å². The lowest BCUT2D eigenvalue weighted by Gasteiger charge is -2.41. The zero-order chi connectivity index (χ0) is 29.5. The van der Waals surface area contributed by atoms with Gasteiger partial charge in [-0.05, 0) is 81.2 Å². The van der Waals surface area contributed by atoms with E-state index in [4.69, 9.17) is 0 Å². The number of hydrogen-bond acceptors (Lipinski definition) is 6. The highest BCUT2D eigenvalue weighted by Gasteiger charge is 2.46. The molecule has 8 rings (SSSR count). The number of aromatic nitrogens is 3. The Bertz CT molecular complexity index is 1870. The van der Waals surface area contributed by atoms with Crippen LogP contribution in [0.1, 0.15) is 67.0 Å². The van der Waals surface area contributed by atoms with E-state index in [1.807, 2.05) is 6.07 Å². The van der Waals surface area contributed by atoms with Crippen LogP contribution in [0.25, 0.3) is 21.3 Å². The summed E-state index contributed by atoms with van der Waals surface area (Å²) in [7, 11) is 0. The molecule has 224 valence electrons. The fourth-order valence-electron chi connectivity index (χ4n) is 7.39. The predicted octanol–water partition coefficient (Wildman–Crippen LogP) is 5.73. The Hall–Kier alpha value is -3.44. The number of anilines is 1. The van der Waals surface area contributed by atoms with Crippen molar-refractivity contribution in [2.75, 3.05) is 18.0 Å². The largest absolute Gasteiger partial charge is 0.416 e. The molecule has 11 heteroatoms. The number of nitrogens with zero attached hydrogens (tertiary/aromatic N) is 4. The third-order valence-corrected chi connectivity index (χ3v) is 11.0. The van der Waals surface area contributed by atoms with Gasteiger partial charge in [-0.2, -0.15) is 13.2 Å². The molecule has 1 saturated heterocycles. The summed E-state index contributed by atoms with van der Waals surface area (Å²) in [6.45, 7) is 1.73. The standard InChI is InChI=1S/C32H32F3N5O2S/c33-32(34,35)20-13-19-3-1-11-38(22-16-31(37-17-22)8-2-9-31)28(19)25(14-20)24-6-10-36-26-15-23(43-29(24)26)18-40-27(41)7-12-39(30(40)42)21-4-5-21/h6-7,10,12-15,21-22,37H,1-5,8-9,11,16-18H2/t22-/m1/s1. The molecule has 0 radical (unpaired) electrons. The number of thiophene rings is 1. The first-order valence-electron chi connectivity index (χ1n) is 15.1. The lowest BCUT2D eigenvalue weighted by molar-refractivity contribution is -0.137. The zero-order valence-corrected chi connectivity index (χ0v) is 24.4. The molecule has 1 spiro atoms. The Balaban J connectivity index is 1.24. The summed E-state index contributed by atoms with van der Waals surface area (Å²) in [5.74, 6) is 0. The summed E-state index contributed by atoms with van der Waals surface area (Å²) in [6, 6.07) is 8.10. The van der Waals surface area contributed by atoms with Crippen LogP contribution in [0.2, 0.25) is 0 Å². The molecule has 4 aliphatic rings. The number of alkyl halides is 3. The molecule has 43 heavy (non-hydrogen) atoms. The van der Waals surface area contributed by atoms with Gasteiger partial charge in [0.15, 0.2) is 0 Å². The van der Waals surface area contributed by atoms with Crippen LogP contribution in [-0.2, 0) is 19.1 Å². The Labute approximate surface area is 250 Å². The van der Waals surface area contributed by atoms with Crippen molar-refractivity contribution in [2.45, 2.75) is 81.7 Å². The molecule has 0 bridgehead atoms. The van der Waals surface area contributed by atoms with Crippen LogP contribution >= 0.6 is 11.3 Å². The first-order valence-corrected chi connectivity index (χ1v) is 16.0. The zero-order valence-electron chi connectivity index (χ0n) is 23.6. The first kappa shape index (κ1) is 27.1. The number of aryl methyl sites for hydroxylation is 1. The van der Waals surface area contributed by atoms with E-state index in [1.54, 1.807) is 23.0 Å². The van der Waals surface area contributed by atoms with Gasteiger partial charge < -0.3 is 10.2 Å². The van der Waals surface area contributed by atoms with Gasteiger partial charge in [0.05, 0.1) is 22.3 Å². The van der Waals surface area contributed by atoms with E-state index in [1.165, 1.54) is 40.5 Å². The second-order valence-electron chi connectivity index (χ2n) is 12.6. The summed E-state index contributed by atoms with van der Waals surface area (Å²) in [4.78, 5) is 33.5. The average molecular weight is 608 g/mol. The van der Waals surface area contributed by atoms with E-state index in [0.717, 1.165) is 72.4 Å². The maximum atomic E-state index is 14.2. The fraction of sp³-hybridized carbons (Fsp3) is 0.469. The smallest absolute Gasteiger partial charge is 0.366 e. The van der Waals surface area contributed by atoms with Crippen LogP contribution in [0.4, 0.5) is 18.9 Å². The van der Waals surface area contributed by atoms with Crippen LogP contribution < -0.4 is 21.5 Å². The molecule has 3 aromatic heterocycles. The van der Waals surface area contributed by atoms with Crippen molar-refractivity contribution in [3.05, 3.63) is 79.6 Å². The Morgan fingerprint density at radius 2 is 1.88 bits per heavy atom. The molecule has 2 aliphatic carbocycles. The minimum atomic E-state index is -4.47. The lowest BCUT2D eigenvalue weighted by Crippen LogP contribution is -2.46. The van der Waals surface area contributed by atoms with E-state index in [0.29, 0.717) is 23.1 Å². The van der Waals surface area contributed by atoms with Crippen LogP contribution in [0, 0.1) is 0 Å². The molecule has 3 fully saturated rings. The number of benzene rings is 1. The summed E-state index contributed by atoms with van der Waals surface area (Å²) in [6.07, 6.45) is 6.53. The maximum absolute atomic E-state index is 14.2. The molecular formula is C32H32F3N5O2S. The molecule has 2 aliphatic heterocycles. The number of pyridine rings is 1. The number of rotatable bonds is 5. The van der Waals surface area contributed by atoms with Gasteiger partial charge in [0.2, 0.25) is 0 Å². The number of fused-ring (bicyclic) bond motifs is 2. The quantitative estimate of drug-likeness (QED) is 0.314. The second-order valence-corrected chi connectivity index (χ2v) is 13.8. The van der Waals surface area contributed by atoms with E-state index >= 15 is 0 Å². The summed E-state index contributed by atoms with van der Waals surface area (Å²) < 4.78 is 46.3. The third kappa shape index (κ3) is 4.63. The molecule has 0 amide bonds. The Morgan fingerprint density at radius 3 is 2.60 bits per heavy atom. The summed E-state index contributed by atoms with van der Waals surface area (Å²) >= 11 is 1.39. The van der Waals surface area contributed by atoms with Crippen molar-refractivity contribution in [1.29, 1.82) is 0 Å². The van der Waals surface area contributed by atoms with E-state index in [-0.39, 0.29) is 35.4 Å². The highest BCUT2D eigenvalue weighted by atomic mass is 32.1. The van der Waals surface area contributed by atoms with Crippen molar-refractivity contribution in [3.8, 4) is 11.1 Å². The van der Waals surface area contributed by atoms with Gasteiger partial charge in [-0.15, -0.1) is 11.3 Å². The van der Waals surface area contributed by atoms with E-state index in [9.17, 15) is 22.8 Å². The Kier molecular flexibility index (Phi) is 6.17. The molecule has 1 aromatic carbocycles. The van der Waals surface area contributed by atoms with Crippen LogP contribution in [0.15, 0.2) is 52.3 Å². The Morgan fingerprint density at radius 1 is 1.05 bits per heavy atom.